The topological polar surface area (TPSA) is 131 Å². The fourth-order valence-corrected chi connectivity index (χ4v) is 1.47. The quantitative estimate of drug-likeness (QED) is 0.247. The van der Waals surface area contributed by atoms with E-state index in [1.807, 2.05) is 0 Å². The number of nitrogens with one attached hydrogen (secondary N) is 1. The summed E-state index contributed by atoms with van der Waals surface area (Å²) >= 11 is 0. The van der Waals surface area contributed by atoms with E-state index in [0.29, 0.717) is 0 Å². The Hall–Kier alpha value is -3.04. The monoisotopic (exact) mass is 310 g/mol. The maximum Gasteiger partial charge on any atom is 0.327 e. The number of nitro benzene ring substituents is 1. The Morgan fingerprint density at radius 3 is 2.50 bits per heavy atom. The van der Waals surface area contributed by atoms with E-state index in [1.54, 1.807) is 6.92 Å². The largest absolute Gasteiger partial charge is 0.465 e. The van der Waals surface area contributed by atoms with E-state index in [9.17, 15) is 24.6 Å². The summed E-state index contributed by atoms with van der Waals surface area (Å²) in [5.74, 6) is -1.21. The molecule has 0 saturated carbocycles. The lowest BCUT2D eigenvalue weighted by Crippen LogP contribution is -2.37. The number of hydrogen-bond donors (Lipinski definition) is 1. The average molecular weight is 310 g/mol. The molecule has 0 fully saturated rings. The summed E-state index contributed by atoms with van der Waals surface area (Å²) in [4.78, 5) is 43.4. The van der Waals surface area contributed by atoms with Gasteiger partial charge in [0, 0.05) is 17.7 Å². The van der Waals surface area contributed by atoms with E-state index < -0.39 is 23.3 Å². The molecule has 10 heteroatoms. The lowest BCUT2D eigenvalue weighted by molar-refractivity contribution is -0.384. The Labute approximate surface area is 125 Å². The van der Waals surface area contributed by atoms with E-state index in [2.05, 4.69) is 15.3 Å². The van der Waals surface area contributed by atoms with Gasteiger partial charge in [-0.05, 0) is 19.1 Å². The van der Waals surface area contributed by atoms with Crippen LogP contribution < -0.4 is 5.32 Å². The number of benzene rings is 1. The molecule has 1 aromatic rings. The van der Waals surface area contributed by atoms with Gasteiger partial charge in [-0.15, -0.1) is 4.91 Å². The van der Waals surface area contributed by atoms with Gasteiger partial charge in [-0.3, -0.25) is 19.7 Å². The van der Waals surface area contributed by atoms with E-state index in [-0.39, 0.29) is 24.5 Å². The summed E-state index contributed by atoms with van der Waals surface area (Å²) < 4.78 is 4.65. The molecule has 0 saturated heterocycles. The Bertz CT molecular complexity index is 559. The van der Waals surface area contributed by atoms with Crippen LogP contribution in [-0.2, 0) is 9.53 Å². The Morgan fingerprint density at radius 1 is 1.36 bits per heavy atom. The first-order valence-corrected chi connectivity index (χ1v) is 6.24. The van der Waals surface area contributed by atoms with Gasteiger partial charge in [-0.1, -0.05) is 0 Å². The molecule has 0 aromatic heterocycles. The highest BCUT2D eigenvalue weighted by Gasteiger charge is 2.13. The van der Waals surface area contributed by atoms with Crippen LogP contribution in [0, 0.1) is 15.0 Å². The minimum absolute atomic E-state index is 0.143. The lowest BCUT2D eigenvalue weighted by atomic mass is 10.2. The summed E-state index contributed by atoms with van der Waals surface area (Å²) in [5, 5.41) is 16.2. The van der Waals surface area contributed by atoms with Gasteiger partial charge in [-0.2, -0.15) is 0 Å². The molecule has 0 heterocycles. The molecule has 0 spiro atoms. The van der Waals surface area contributed by atoms with Crippen molar-refractivity contribution in [1.82, 2.24) is 10.3 Å². The highest BCUT2D eigenvalue weighted by Crippen LogP contribution is 2.11. The third-order valence-electron chi connectivity index (χ3n) is 2.49. The third-order valence-corrected chi connectivity index (χ3v) is 2.49. The maximum atomic E-state index is 11.8. The van der Waals surface area contributed by atoms with Crippen LogP contribution in [0.15, 0.2) is 29.6 Å². The van der Waals surface area contributed by atoms with E-state index >= 15 is 0 Å². The number of non-ortho nitro benzene ring substituents is 1. The normalized spacial score (nSPS) is 9.68. The molecule has 0 aliphatic carbocycles. The number of amides is 1. The van der Waals surface area contributed by atoms with Crippen molar-refractivity contribution in [2.24, 2.45) is 5.29 Å². The van der Waals surface area contributed by atoms with Crippen LogP contribution in [0.25, 0.3) is 0 Å². The van der Waals surface area contributed by atoms with E-state index in [4.69, 9.17) is 0 Å². The summed E-state index contributed by atoms with van der Waals surface area (Å²) in [5.41, 5.74) is 0.0302. The van der Waals surface area contributed by atoms with Gasteiger partial charge in [0.25, 0.3) is 11.6 Å². The van der Waals surface area contributed by atoms with Gasteiger partial charge in [0.05, 0.1) is 16.8 Å². The summed E-state index contributed by atoms with van der Waals surface area (Å²) in [6.45, 7) is 1.10. The van der Waals surface area contributed by atoms with Gasteiger partial charge >= 0.3 is 5.97 Å². The maximum absolute atomic E-state index is 11.8. The van der Waals surface area contributed by atoms with E-state index in [0.717, 1.165) is 5.01 Å². The SMILES string of the molecule is CCOC(=O)CN(CNC(=O)c1ccc([N+](=O)[O-])cc1)N=O. The second kappa shape index (κ2) is 8.29. The zero-order valence-corrected chi connectivity index (χ0v) is 11.7. The molecule has 1 aromatic carbocycles. The van der Waals surface area contributed by atoms with Crippen molar-refractivity contribution >= 4 is 17.6 Å². The highest BCUT2D eigenvalue weighted by atomic mass is 16.6. The smallest absolute Gasteiger partial charge is 0.327 e. The number of rotatable bonds is 8. The predicted molar refractivity (Wildman–Crippen MR) is 74.6 cm³/mol. The zero-order valence-electron chi connectivity index (χ0n) is 11.7. The number of hydrogen-bond acceptors (Lipinski definition) is 7. The summed E-state index contributed by atoms with van der Waals surface area (Å²) in [7, 11) is 0. The van der Waals surface area contributed by atoms with Crippen molar-refractivity contribution in [3.05, 3.63) is 44.9 Å². The molecule has 1 rings (SSSR count). The minimum atomic E-state index is -0.647. The highest BCUT2D eigenvalue weighted by molar-refractivity contribution is 5.94. The third kappa shape index (κ3) is 5.15. The fourth-order valence-electron chi connectivity index (χ4n) is 1.47. The first-order chi connectivity index (χ1) is 10.5. The van der Waals surface area contributed by atoms with Gasteiger partial charge in [0.15, 0.2) is 0 Å². The van der Waals surface area contributed by atoms with E-state index in [1.165, 1.54) is 24.3 Å². The van der Waals surface area contributed by atoms with Gasteiger partial charge in [-0.25, -0.2) is 5.01 Å². The first kappa shape index (κ1) is 17.0. The zero-order chi connectivity index (χ0) is 16.5. The van der Waals surface area contributed by atoms with Crippen molar-refractivity contribution < 1.29 is 19.2 Å². The second-order valence-corrected chi connectivity index (χ2v) is 4.02. The molecular weight excluding hydrogens is 296 g/mol. The van der Waals surface area contributed by atoms with Crippen LogP contribution in [0.1, 0.15) is 17.3 Å². The lowest BCUT2D eigenvalue weighted by Gasteiger charge is -2.14. The van der Waals surface area contributed by atoms with Gasteiger partial charge in [0.1, 0.15) is 13.2 Å². The molecule has 118 valence electrons. The van der Waals surface area contributed by atoms with Crippen molar-refractivity contribution in [2.75, 3.05) is 19.8 Å². The molecule has 1 N–H and O–H groups in total. The molecule has 0 aliphatic heterocycles. The number of nitrogens with zero attached hydrogens (tertiary/aromatic N) is 3. The van der Waals surface area contributed by atoms with Crippen molar-refractivity contribution in [3.8, 4) is 0 Å². The van der Waals surface area contributed by atoms with Gasteiger partial charge < -0.3 is 10.1 Å². The van der Waals surface area contributed by atoms with Crippen LogP contribution in [0.3, 0.4) is 0 Å². The molecule has 0 bridgehead atoms. The van der Waals surface area contributed by atoms with Crippen LogP contribution in [0.5, 0.6) is 0 Å². The second-order valence-electron chi connectivity index (χ2n) is 4.02. The molecule has 1 amide bonds. The molecule has 10 nitrogen and oxygen atoms in total. The van der Waals surface area contributed by atoms with Crippen LogP contribution in [-0.4, -0.2) is 41.6 Å². The molecule has 0 aliphatic rings. The number of esters is 1. The fraction of sp³-hybridized carbons (Fsp3) is 0.333. The molecule has 0 radical (unpaired) electrons. The average Bonchev–Trinajstić information content (AvgIpc) is 2.51. The van der Waals surface area contributed by atoms with Crippen molar-refractivity contribution in [3.63, 3.8) is 0 Å². The molecular formula is C12H14N4O6. The molecule has 0 unspecified atom stereocenters. The first-order valence-electron chi connectivity index (χ1n) is 6.24. The van der Waals surface area contributed by atoms with Crippen molar-refractivity contribution in [2.45, 2.75) is 6.92 Å². The van der Waals surface area contributed by atoms with Gasteiger partial charge in [0.2, 0.25) is 0 Å². The number of ether oxygens (including phenoxy) is 1. The van der Waals surface area contributed by atoms with Crippen molar-refractivity contribution in [1.29, 1.82) is 0 Å². The predicted octanol–water partition coefficient (Wildman–Crippen LogP) is 0.829. The van der Waals surface area contributed by atoms with Crippen LogP contribution >= 0.6 is 0 Å². The molecule has 0 atom stereocenters. The number of carbonyl (C=O) groups is 2. The summed E-state index contributed by atoms with van der Waals surface area (Å²) in [6, 6.07) is 4.92. The van der Waals surface area contributed by atoms with Crippen LogP contribution in [0.2, 0.25) is 0 Å². The summed E-state index contributed by atoms with van der Waals surface area (Å²) in [6.07, 6.45) is 0. The molecule has 22 heavy (non-hydrogen) atoms. The number of carbonyl (C=O) groups excluding carboxylic acids is 2. The standard InChI is InChI=1S/C12H14N4O6/c1-2-22-11(17)7-15(14-19)8-13-12(18)9-3-5-10(6-4-9)16(20)21/h3-6H,2,7-8H2,1H3,(H,13,18). The number of nitroso groups, excluding NO2 is 1. The Balaban J connectivity index is 2.54. The number of nitro groups is 1. The Morgan fingerprint density at radius 2 is 2.00 bits per heavy atom. The van der Waals surface area contributed by atoms with Crippen LogP contribution in [0.4, 0.5) is 5.69 Å². The Kier molecular flexibility index (Phi) is 6.41. The minimum Gasteiger partial charge on any atom is -0.465 e.